The Hall–Kier alpha value is -1.85. The summed E-state index contributed by atoms with van der Waals surface area (Å²) in [6.07, 6.45) is 5.45. The minimum Gasteiger partial charge on any atom is -0.333 e. The Bertz CT molecular complexity index is 469. The zero-order valence-electron chi connectivity index (χ0n) is 11.9. The summed E-state index contributed by atoms with van der Waals surface area (Å²) in [6, 6.07) is 1.84. The van der Waals surface area contributed by atoms with Gasteiger partial charge in [0.2, 0.25) is 11.8 Å². The Labute approximate surface area is 118 Å². The fourth-order valence-electron chi connectivity index (χ4n) is 2.38. The number of carbonyl (C=O) groups excluding carboxylic acids is 2. The van der Waals surface area contributed by atoms with Crippen molar-refractivity contribution in [3.8, 4) is 0 Å². The van der Waals surface area contributed by atoms with Crippen molar-refractivity contribution in [2.45, 2.75) is 45.4 Å². The number of hydrogen-bond donors (Lipinski definition) is 2. The first-order valence-electron chi connectivity index (χ1n) is 7.31. The van der Waals surface area contributed by atoms with E-state index in [1.807, 2.05) is 6.07 Å². The van der Waals surface area contributed by atoms with Gasteiger partial charge in [-0.3, -0.25) is 14.7 Å². The standard InChI is InChI=1S/C14H22N4O2/c1-2-6-11-9-12(17-16-11)15-13(19)10-18-8-5-3-4-7-14(18)20/h9H,2-8,10H2,1H3,(H2,15,16,17,19). The fourth-order valence-corrected chi connectivity index (χ4v) is 2.38. The van der Waals surface area contributed by atoms with E-state index in [9.17, 15) is 9.59 Å². The van der Waals surface area contributed by atoms with E-state index in [1.165, 1.54) is 0 Å². The first-order chi connectivity index (χ1) is 9.69. The lowest BCUT2D eigenvalue weighted by molar-refractivity contribution is -0.134. The van der Waals surface area contributed by atoms with E-state index in [1.54, 1.807) is 4.90 Å². The van der Waals surface area contributed by atoms with Crippen molar-refractivity contribution in [1.29, 1.82) is 0 Å². The van der Waals surface area contributed by atoms with Gasteiger partial charge >= 0.3 is 0 Å². The third-order valence-corrected chi connectivity index (χ3v) is 3.42. The minimum absolute atomic E-state index is 0.0753. The lowest BCUT2D eigenvalue weighted by atomic mass is 10.2. The van der Waals surface area contributed by atoms with E-state index < -0.39 is 0 Å². The Kier molecular flexibility index (Phi) is 5.15. The van der Waals surface area contributed by atoms with Crippen molar-refractivity contribution in [3.05, 3.63) is 11.8 Å². The lowest BCUT2D eigenvalue weighted by Crippen LogP contribution is -2.37. The summed E-state index contributed by atoms with van der Waals surface area (Å²) in [6.45, 7) is 2.88. The Morgan fingerprint density at radius 3 is 3.10 bits per heavy atom. The molecule has 0 spiro atoms. The smallest absolute Gasteiger partial charge is 0.245 e. The van der Waals surface area contributed by atoms with Crippen molar-refractivity contribution in [1.82, 2.24) is 15.1 Å². The molecule has 6 heteroatoms. The SMILES string of the molecule is CCCc1cc(NC(=O)CN2CCCCCC2=O)n[nH]1. The predicted molar refractivity (Wildman–Crippen MR) is 76.3 cm³/mol. The summed E-state index contributed by atoms with van der Waals surface area (Å²) in [4.78, 5) is 25.4. The molecule has 0 atom stereocenters. The van der Waals surface area contributed by atoms with E-state index in [2.05, 4.69) is 22.4 Å². The number of H-pyrrole nitrogens is 1. The average molecular weight is 278 g/mol. The first kappa shape index (κ1) is 14.6. The fraction of sp³-hybridized carbons (Fsp3) is 0.643. The van der Waals surface area contributed by atoms with E-state index in [-0.39, 0.29) is 18.4 Å². The molecule has 0 saturated carbocycles. The minimum atomic E-state index is -0.185. The highest BCUT2D eigenvalue weighted by molar-refractivity contribution is 5.93. The van der Waals surface area contributed by atoms with Gasteiger partial charge in [0.05, 0.1) is 6.54 Å². The van der Waals surface area contributed by atoms with Crippen LogP contribution < -0.4 is 5.32 Å². The molecule has 1 saturated heterocycles. The third kappa shape index (κ3) is 4.08. The van der Waals surface area contributed by atoms with E-state index in [0.29, 0.717) is 18.8 Å². The number of aromatic amines is 1. The molecule has 6 nitrogen and oxygen atoms in total. The predicted octanol–water partition coefficient (Wildman–Crippen LogP) is 1.70. The molecule has 1 aromatic rings. The van der Waals surface area contributed by atoms with Gasteiger partial charge < -0.3 is 10.2 Å². The number of nitrogens with zero attached hydrogens (tertiary/aromatic N) is 2. The molecule has 0 bridgehead atoms. The Morgan fingerprint density at radius 2 is 2.30 bits per heavy atom. The number of rotatable bonds is 5. The van der Waals surface area contributed by atoms with Crippen molar-refractivity contribution in [2.75, 3.05) is 18.4 Å². The van der Waals surface area contributed by atoms with E-state index in [4.69, 9.17) is 0 Å². The summed E-state index contributed by atoms with van der Waals surface area (Å²) in [5, 5.41) is 9.67. The van der Waals surface area contributed by atoms with Crippen LogP contribution in [0.2, 0.25) is 0 Å². The van der Waals surface area contributed by atoms with Crippen LogP contribution >= 0.6 is 0 Å². The summed E-state index contributed by atoms with van der Waals surface area (Å²) in [7, 11) is 0. The molecule has 2 rings (SSSR count). The molecule has 1 fully saturated rings. The van der Waals surface area contributed by atoms with Gasteiger partial charge in [0, 0.05) is 24.7 Å². The summed E-state index contributed by atoms with van der Waals surface area (Å²) >= 11 is 0. The molecule has 1 aromatic heterocycles. The molecule has 0 radical (unpaired) electrons. The molecule has 20 heavy (non-hydrogen) atoms. The molecule has 1 aliphatic rings. The topological polar surface area (TPSA) is 78.1 Å². The molecular formula is C14H22N4O2. The number of aryl methyl sites for hydroxylation is 1. The van der Waals surface area contributed by atoms with Gasteiger partial charge in [-0.2, -0.15) is 5.10 Å². The quantitative estimate of drug-likeness (QED) is 0.860. The van der Waals surface area contributed by atoms with Crippen molar-refractivity contribution in [3.63, 3.8) is 0 Å². The van der Waals surface area contributed by atoms with Crippen LogP contribution in [0, 0.1) is 0 Å². The number of anilines is 1. The van der Waals surface area contributed by atoms with Crippen LogP contribution in [0.15, 0.2) is 6.07 Å². The molecule has 0 aliphatic carbocycles. The third-order valence-electron chi connectivity index (χ3n) is 3.42. The maximum Gasteiger partial charge on any atom is 0.245 e. The molecule has 2 N–H and O–H groups in total. The highest BCUT2D eigenvalue weighted by atomic mass is 16.2. The van der Waals surface area contributed by atoms with Gasteiger partial charge in [-0.05, 0) is 19.3 Å². The number of amides is 2. The second-order valence-corrected chi connectivity index (χ2v) is 5.20. The lowest BCUT2D eigenvalue weighted by Gasteiger charge is -2.19. The zero-order valence-corrected chi connectivity index (χ0v) is 11.9. The maximum absolute atomic E-state index is 11.9. The molecule has 2 amide bonds. The number of hydrogen-bond acceptors (Lipinski definition) is 3. The van der Waals surface area contributed by atoms with E-state index >= 15 is 0 Å². The second-order valence-electron chi connectivity index (χ2n) is 5.20. The van der Waals surface area contributed by atoms with Crippen molar-refractivity contribution in [2.24, 2.45) is 0 Å². The van der Waals surface area contributed by atoms with Crippen LogP contribution in [0.3, 0.4) is 0 Å². The van der Waals surface area contributed by atoms with Crippen LogP contribution in [0.1, 0.15) is 44.7 Å². The van der Waals surface area contributed by atoms with Gasteiger partial charge in [-0.15, -0.1) is 0 Å². The van der Waals surface area contributed by atoms with Gasteiger partial charge in [0.1, 0.15) is 0 Å². The highest BCUT2D eigenvalue weighted by Gasteiger charge is 2.19. The molecule has 0 unspecified atom stereocenters. The number of likely N-dealkylation sites (tertiary alicyclic amines) is 1. The van der Waals surface area contributed by atoms with Gasteiger partial charge in [-0.25, -0.2) is 0 Å². The normalized spacial score (nSPS) is 16.1. The summed E-state index contributed by atoms with van der Waals surface area (Å²) in [5.74, 6) is 0.418. The number of nitrogens with one attached hydrogen (secondary N) is 2. The van der Waals surface area contributed by atoms with Crippen LogP contribution in [-0.2, 0) is 16.0 Å². The van der Waals surface area contributed by atoms with Crippen molar-refractivity contribution < 1.29 is 9.59 Å². The second kappa shape index (κ2) is 7.07. The zero-order chi connectivity index (χ0) is 14.4. The van der Waals surface area contributed by atoms with Gasteiger partial charge in [0.15, 0.2) is 5.82 Å². The molecule has 1 aliphatic heterocycles. The molecular weight excluding hydrogens is 256 g/mol. The molecule has 0 aromatic carbocycles. The molecule has 2 heterocycles. The Morgan fingerprint density at radius 1 is 1.45 bits per heavy atom. The Balaban J connectivity index is 1.85. The van der Waals surface area contributed by atoms with Gasteiger partial charge in [0.25, 0.3) is 0 Å². The van der Waals surface area contributed by atoms with Crippen LogP contribution in [0.25, 0.3) is 0 Å². The van der Waals surface area contributed by atoms with Crippen LogP contribution in [0.5, 0.6) is 0 Å². The van der Waals surface area contributed by atoms with Crippen LogP contribution in [0.4, 0.5) is 5.82 Å². The maximum atomic E-state index is 11.9. The summed E-state index contributed by atoms with van der Waals surface area (Å²) in [5.41, 5.74) is 1.01. The number of aromatic nitrogens is 2. The summed E-state index contributed by atoms with van der Waals surface area (Å²) < 4.78 is 0. The average Bonchev–Trinajstić information content (AvgIpc) is 2.74. The largest absolute Gasteiger partial charge is 0.333 e. The monoisotopic (exact) mass is 278 g/mol. The van der Waals surface area contributed by atoms with E-state index in [0.717, 1.165) is 37.8 Å². The van der Waals surface area contributed by atoms with Crippen LogP contribution in [-0.4, -0.2) is 40.0 Å². The first-order valence-corrected chi connectivity index (χ1v) is 7.31. The highest BCUT2D eigenvalue weighted by Crippen LogP contribution is 2.12. The molecule has 110 valence electrons. The van der Waals surface area contributed by atoms with Crippen molar-refractivity contribution >= 4 is 17.6 Å². The number of carbonyl (C=O) groups is 2. The van der Waals surface area contributed by atoms with Gasteiger partial charge in [-0.1, -0.05) is 19.8 Å².